The Balaban J connectivity index is 1.19. The van der Waals surface area contributed by atoms with E-state index in [2.05, 4.69) is 47.6 Å². The molecule has 306 valence electrons. The van der Waals surface area contributed by atoms with Crippen LogP contribution < -0.4 is 0 Å². The third-order valence-corrected chi connectivity index (χ3v) is 16.7. The second-order valence-corrected chi connectivity index (χ2v) is 19.0. The van der Waals surface area contributed by atoms with E-state index in [9.17, 15) is 45.6 Å². The SMILES string of the molecule is CC1=C2C3=CCC4C5(C)CCC(OC6OCC(O)C(O)C6O)C(C)(CO)C5CCC4(C)C3(C)CCC2(C(=O)OC2OC(CO)C(O)C(O)C2O)CCC1C. The molecule has 7 aliphatic rings. The fraction of sp³-hybridized carbons (Fsp3) is 0.878. The van der Waals surface area contributed by atoms with Gasteiger partial charge in [-0.25, -0.2) is 0 Å². The van der Waals surface area contributed by atoms with E-state index in [-0.39, 0.29) is 47.2 Å². The maximum absolute atomic E-state index is 14.5. The number of ether oxygens (including phenoxy) is 4. The Labute approximate surface area is 318 Å². The molecule has 54 heavy (non-hydrogen) atoms. The van der Waals surface area contributed by atoms with Gasteiger partial charge in [0, 0.05) is 5.41 Å². The number of esters is 1. The predicted octanol–water partition coefficient (Wildman–Crippen LogP) is 1.85. The van der Waals surface area contributed by atoms with Gasteiger partial charge in [0.15, 0.2) is 6.29 Å². The first kappa shape index (κ1) is 40.7. The maximum Gasteiger partial charge on any atom is 0.318 e. The first-order chi connectivity index (χ1) is 25.3. The standard InChI is InChI=1S/C41H64O13/c1-20-9-14-41(36(50)54-35-33(49)31(47)30(46)24(17-42)52-35)16-15-39(5)22(28(41)21(20)2)7-8-26-37(3)12-11-27(53-34-32(48)29(45)23(44)18-51-34)38(4,19-43)25(37)10-13-40(26,39)6/h7,20,23-27,29-35,42-49H,8-19H2,1-6H3. The second kappa shape index (κ2) is 14.1. The number of hydrogen-bond acceptors (Lipinski definition) is 13. The molecule has 0 spiro atoms. The first-order valence-electron chi connectivity index (χ1n) is 20.2. The average molecular weight is 765 g/mol. The van der Waals surface area contributed by atoms with Crippen LogP contribution in [0.4, 0.5) is 0 Å². The lowest BCUT2D eigenvalue weighted by atomic mass is 9.34. The molecule has 0 amide bonds. The fourth-order valence-corrected chi connectivity index (χ4v) is 12.9. The average Bonchev–Trinajstić information content (AvgIpc) is 3.14. The van der Waals surface area contributed by atoms with Crippen LogP contribution in [0.25, 0.3) is 0 Å². The smallest absolute Gasteiger partial charge is 0.318 e. The zero-order valence-corrected chi connectivity index (χ0v) is 32.7. The number of aliphatic hydroxyl groups is 8. The van der Waals surface area contributed by atoms with E-state index in [4.69, 9.17) is 18.9 Å². The summed E-state index contributed by atoms with van der Waals surface area (Å²) in [5.41, 5.74) is 1.12. The van der Waals surface area contributed by atoms with Crippen LogP contribution >= 0.6 is 0 Å². The van der Waals surface area contributed by atoms with Crippen molar-refractivity contribution in [3.8, 4) is 0 Å². The van der Waals surface area contributed by atoms with Crippen LogP contribution in [0.3, 0.4) is 0 Å². The van der Waals surface area contributed by atoms with Crippen LogP contribution in [-0.4, -0.2) is 128 Å². The van der Waals surface area contributed by atoms with E-state index in [0.717, 1.165) is 49.7 Å². The van der Waals surface area contributed by atoms with Gasteiger partial charge in [-0.1, -0.05) is 46.3 Å². The molecule has 0 radical (unpaired) electrons. The van der Waals surface area contributed by atoms with Crippen molar-refractivity contribution in [2.75, 3.05) is 19.8 Å². The molecule has 0 aromatic rings. The van der Waals surface area contributed by atoms with Gasteiger partial charge in [0.05, 0.1) is 31.3 Å². The van der Waals surface area contributed by atoms with Crippen molar-refractivity contribution in [2.24, 2.45) is 44.8 Å². The molecule has 2 heterocycles. The van der Waals surface area contributed by atoms with Crippen LogP contribution in [0.1, 0.15) is 99.3 Å². The molecular weight excluding hydrogens is 700 g/mol. The number of allylic oxidation sites excluding steroid dienone is 3. The first-order valence-corrected chi connectivity index (χ1v) is 20.2. The molecule has 5 aliphatic carbocycles. The van der Waals surface area contributed by atoms with Gasteiger partial charge in [0.25, 0.3) is 0 Å². The topological polar surface area (TPSA) is 216 Å². The molecule has 13 heteroatoms. The van der Waals surface area contributed by atoms with Crippen LogP contribution in [0.2, 0.25) is 0 Å². The highest BCUT2D eigenvalue weighted by Crippen LogP contribution is 2.75. The molecule has 7 rings (SSSR count). The van der Waals surface area contributed by atoms with Crippen molar-refractivity contribution in [2.45, 2.75) is 161 Å². The van der Waals surface area contributed by atoms with Gasteiger partial charge in [0.1, 0.15) is 42.7 Å². The molecule has 2 aliphatic heterocycles. The fourth-order valence-electron chi connectivity index (χ4n) is 12.9. The maximum atomic E-state index is 14.5. The summed E-state index contributed by atoms with van der Waals surface area (Å²) in [6.45, 7) is 12.7. The van der Waals surface area contributed by atoms with Crippen molar-refractivity contribution in [1.82, 2.24) is 0 Å². The third kappa shape index (κ3) is 5.69. The van der Waals surface area contributed by atoms with Gasteiger partial charge in [-0.3, -0.25) is 4.79 Å². The minimum atomic E-state index is -1.68. The van der Waals surface area contributed by atoms with Crippen LogP contribution in [0.15, 0.2) is 22.8 Å². The number of carbonyl (C=O) groups is 1. The minimum absolute atomic E-state index is 0.0912. The summed E-state index contributed by atoms with van der Waals surface area (Å²) in [5, 5.41) is 83.4. The van der Waals surface area contributed by atoms with Gasteiger partial charge >= 0.3 is 5.97 Å². The van der Waals surface area contributed by atoms with E-state index in [1.807, 2.05) is 0 Å². The number of rotatable bonds is 6. The summed E-state index contributed by atoms with van der Waals surface area (Å²) in [6.07, 6.45) is -4.17. The molecule has 18 atom stereocenters. The van der Waals surface area contributed by atoms with Gasteiger partial charge in [-0.05, 0) is 110 Å². The van der Waals surface area contributed by atoms with Crippen molar-refractivity contribution < 1.29 is 64.6 Å². The molecule has 13 nitrogen and oxygen atoms in total. The van der Waals surface area contributed by atoms with E-state index in [1.54, 1.807) is 0 Å². The van der Waals surface area contributed by atoms with Crippen molar-refractivity contribution in [1.29, 1.82) is 0 Å². The van der Waals surface area contributed by atoms with Gasteiger partial charge in [-0.2, -0.15) is 0 Å². The van der Waals surface area contributed by atoms with Crippen molar-refractivity contribution >= 4 is 5.97 Å². The number of carbonyl (C=O) groups excluding carboxylic acids is 1. The molecule has 3 saturated carbocycles. The Hall–Kier alpha value is -1.49. The van der Waals surface area contributed by atoms with Gasteiger partial charge in [0.2, 0.25) is 6.29 Å². The predicted molar refractivity (Wildman–Crippen MR) is 193 cm³/mol. The van der Waals surface area contributed by atoms with Crippen molar-refractivity contribution in [3.05, 3.63) is 22.8 Å². The highest BCUT2D eigenvalue weighted by atomic mass is 16.7. The number of fused-ring (bicyclic) bond motifs is 7. The lowest BCUT2D eigenvalue weighted by molar-refractivity contribution is -0.312. The largest absolute Gasteiger partial charge is 0.432 e. The van der Waals surface area contributed by atoms with Crippen LogP contribution in [0.5, 0.6) is 0 Å². The Bertz CT molecular complexity index is 1510. The molecule has 0 bridgehead atoms. The Morgan fingerprint density at radius 3 is 2.22 bits per heavy atom. The Morgan fingerprint density at radius 1 is 0.833 bits per heavy atom. The highest BCUT2D eigenvalue weighted by molar-refractivity contribution is 5.84. The quantitative estimate of drug-likeness (QED) is 0.143. The zero-order chi connectivity index (χ0) is 39.3. The lowest BCUT2D eigenvalue weighted by Crippen LogP contribution is -2.66. The van der Waals surface area contributed by atoms with E-state index in [0.29, 0.717) is 19.3 Å². The van der Waals surface area contributed by atoms with Crippen LogP contribution in [0, 0.1) is 44.8 Å². The Morgan fingerprint density at radius 2 is 1.54 bits per heavy atom. The van der Waals surface area contributed by atoms with E-state index < -0.39 is 84.8 Å². The molecule has 0 aromatic heterocycles. The van der Waals surface area contributed by atoms with Crippen molar-refractivity contribution in [3.63, 3.8) is 0 Å². The summed E-state index contributed by atoms with van der Waals surface area (Å²) < 4.78 is 23.6. The summed E-state index contributed by atoms with van der Waals surface area (Å²) >= 11 is 0. The zero-order valence-electron chi connectivity index (χ0n) is 32.7. The normalized spacial score (nSPS) is 53.4. The molecule has 2 saturated heterocycles. The summed E-state index contributed by atoms with van der Waals surface area (Å²) in [5.74, 6) is 0.0682. The Kier molecular flexibility index (Phi) is 10.6. The number of hydrogen-bond donors (Lipinski definition) is 8. The monoisotopic (exact) mass is 764 g/mol. The molecule has 0 aromatic carbocycles. The minimum Gasteiger partial charge on any atom is -0.432 e. The van der Waals surface area contributed by atoms with E-state index in [1.165, 1.54) is 5.57 Å². The van der Waals surface area contributed by atoms with Gasteiger partial charge in [-0.15, -0.1) is 0 Å². The molecule has 18 unspecified atom stereocenters. The molecule has 5 fully saturated rings. The molecular formula is C41H64O13. The highest BCUT2D eigenvalue weighted by Gasteiger charge is 2.69. The van der Waals surface area contributed by atoms with Crippen LogP contribution in [-0.2, 0) is 23.7 Å². The molecule has 8 N–H and O–H groups in total. The summed E-state index contributed by atoms with van der Waals surface area (Å²) in [6, 6.07) is 0. The summed E-state index contributed by atoms with van der Waals surface area (Å²) in [4.78, 5) is 14.5. The lowest BCUT2D eigenvalue weighted by Gasteiger charge is -2.70. The van der Waals surface area contributed by atoms with E-state index >= 15 is 0 Å². The number of aliphatic hydroxyl groups excluding tert-OH is 8. The summed E-state index contributed by atoms with van der Waals surface area (Å²) in [7, 11) is 0. The third-order valence-electron chi connectivity index (χ3n) is 16.7. The van der Waals surface area contributed by atoms with Gasteiger partial charge < -0.3 is 59.8 Å². The second-order valence-electron chi connectivity index (χ2n) is 19.0.